The van der Waals surface area contributed by atoms with E-state index in [1.165, 1.54) is 16.4 Å². The van der Waals surface area contributed by atoms with Crippen LogP contribution in [-0.2, 0) is 10.0 Å². The Morgan fingerprint density at radius 3 is 2.80 bits per heavy atom. The molecule has 0 spiro atoms. The normalized spacial score (nSPS) is 24.3. The summed E-state index contributed by atoms with van der Waals surface area (Å²) >= 11 is 5.92. The minimum atomic E-state index is -3.72. The number of hydrogen-bond donors (Lipinski definition) is 1. The number of rotatable bonds is 2. The van der Waals surface area contributed by atoms with Crippen molar-refractivity contribution in [2.24, 2.45) is 0 Å². The highest BCUT2D eigenvalue weighted by molar-refractivity contribution is 7.89. The van der Waals surface area contributed by atoms with Crippen LogP contribution in [0.4, 0.5) is 0 Å². The fraction of sp³-hybridized carbons (Fsp3) is 0.462. The first-order valence-electron chi connectivity index (χ1n) is 6.33. The molecule has 1 aromatic rings. The Kier molecular flexibility index (Phi) is 4.35. The average molecular weight is 314 g/mol. The van der Waals surface area contributed by atoms with Crippen LogP contribution in [0, 0.1) is 11.3 Å². The molecule has 1 heterocycles. The van der Waals surface area contributed by atoms with E-state index in [0.717, 1.165) is 0 Å². The maximum Gasteiger partial charge on any atom is 0.244 e. The van der Waals surface area contributed by atoms with Gasteiger partial charge in [0.2, 0.25) is 10.0 Å². The second-order valence-electron chi connectivity index (χ2n) is 4.82. The molecule has 0 aromatic heterocycles. The SMILES string of the molecule is CC1NCCN(S(=O)(=O)c2cccc(Cl)c2C#N)C1C. The molecule has 2 rings (SSSR count). The summed E-state index contributed by atoms with van der Waals surface area (Å²) < 4.78 is 27.0. The fourth-order valence-corrected chi connectivity index (χ4v) is 4.46. The van der Waals surface area contributed by atoms with E-state index in [2.05, 4.69) is 5.32 Å². The van der Waals surface area contributed by atoms with Crippen LogP contribution in [0.1, 0.15) is 19.4 Å². The lowest BCUT2D eigenvalue weighted by atomic mass is 10.1. The predicted molar refractivity (Wildman–Crippen MR) is 77.0 cm³/mol. The molecule has 1 N–H and O–H groups in total. The predicted octanol–water partition coefficient (Wildman–Crippen LogP) is 1.58. The maximum absolute atomic E-state index is 12.8. The maximum atomic E-state index is 12.8. The van der Waals surface area contributed by atoms with Gasteiger partial charge in [-0.25, -0.2) is 8.42 Å². The highest BCUT2D eigenvalue weighted by Crippen LogP contribution is 2.28. The summed E-state index contributed by atoms with van der Waals surface area (Å²) in [5.41, 5.74) is 0.00699. The van der Waals surface area contributed by atoms with Crippen molar-refractivity contribution < 1.29 is 8.42 Å². The summed E-state index contributed by atoms with van der Waals surface area (Å²) in [5, 5.41) is 12.5. The van der Waals surface area contributed by atoms with E-state index >= 15 is 0 Å². The lowest BCUT2D eigenvalue weighted by Crippen LogP contribution is -2.57. The quantitative estimate of drug-likeness (QED) is 0.899. The molecule has 0 aliphatic carbocycles. The summed E-state index contributed by atoms with van der Waals surface area (Å²) in [4.78, 5) is -0.0200. The number of nitriles is 1. The molecule has 1 saturated heterocycles. The molecule has 108 valence electrons. The molecule has 0 amide bonds. The van der Waals surface area contributed by atoms with Crippen molar-refractivity contribution in [3.8, 4) is 6.07 Å². The molecular formula is C13H16ClN3O2S. The molecule has 5 nitrogen and oxygen atoms in total. The third-order valence-electron chi connectivity index (χ3n) is 3.65. The van der Waals surface area contributed by atoms with Crippen molar-refractivity contribution in [2.75, 3.05) is 13.1 Å². The van der Waals surface area contributed by atoms with Gasteiger partial charge < -0.3 is 5.32 Å². The highest BCUT2D eigenvalue weighted by Gasteiger charge is 2.35. The Bertz CT molecular complexity index is 654. The van der Waals surface area contributed by atoms with Gasteiger partial charge in [0.15, 0.2) is 0 Å². The van der Waals surface area contributed by atoms with Crippen molar-refractivity contribution in [3.63, 3.8) is 0 Å². The standard InChI is InChI=1S/C13H16ClN3O2S/c1-9-10(2)17(7-6-16-9)20(18,19)13-5-3-4-12(14)11(13)8-15/h3-5,9-10,16H,6-7H2,1-2H3. The van der Waals surface area contributed by atoms with Crippen LogP contribution in [0.25, 0.3) is 0 Å². The largest absolute Gasteiger partial charge is 0.311 e. The van der Waals surface area contributed by atoms with E-state index in [4.69, 9.17) is 16.9 Å². The molecular weight excluding hydrogens is 298 g/mol. The van der Waals surface area contributed by atoms with Crippen molar-refractivity contribution >= 4 is 21.6 Å². The van der Waals surface area contributed by atoms with E-state index in [1.54, 1.807) is 6.07 Å². The van der Waals surface area contributed by atoms with Gasteiger partial charge in [0.25, 0.3) is 0 Å². The van der Waals surface area contributed by atoms with Crippen LogP contribution in [0.5, 0.6) is 0 Å². The van der Waals surface area contributed by atoms with E-state index in [1.807, 2.05) is 19.9 Å². The van der Waals surface area contributed by atoms with Crippen LogP contribution < -0.4 is 5.32 Å². The summed E-state index contributed by atoms with van der Waals surface area (Å²) in [6.07, 6.45) is 0. The summed E-state index contributed by atoms with van der Waals surface area (Å²) in [5.74, 6) is 0. The lowest BCUT2D eigenvalue weighted by Gasteiger charge is -2.37. The molecule has 0 bridgehead atoms. The van der Waals surface area contributed by atoms with E-state index < -0.39 is 10.0 Å². The van der Waals surface area contributed by atoms with E-state index in [0.29, 0.717) is 13.1 Å². The minimum absolute atomic E-state index is 0.00699. The molecule has 2 unspecified atom stereocenters. The molecule has 2 atom stereocenters. The Morgan fingerprint density at radius 2 is 2.15 bits per heavy atom. The molecule has 1 aliphatic heterocycles. The van der Waals surface area contributed by atoms with E-state index in [9.17, 15) is 8.42 Å². The van der Waals surface area contributed by atoms with Crippen LogP contribution in [0.2, 0.25) is 5.02 Å². The average Bonchev–Trinajstić information content (AvgIpc) is 2.41. The van der Waals surface area contributed by atoms with Gasteiger partial charge in [0.1, 0.15) is 11.0 Å². The number of nitrogens with zero attached hydrogens (tertiary/aromatic N) is 2. The van der Waals surface area contributed by atoms with Crippen LogP contribution in [-0.4, -0.2) is 37.9 Å². The zero-order valence-corrected chi connectivity index (χ0v) is 12.9. The van der Waals surface area contributed by atoms with Gasteiger partial charge in [-0.1, -0.05) is 17.7 Å². The van der Waals surface area contributed by atoms with Crippen molar-refractivity contribution in [3.05, 3.63) is 28.8 Å². The van der Waals surface area contributed by atoms with Gasteiger partial charge in [0, 0.05) is 25.2 Å². The van der Waals surface area contributed by atoms with Gasteiger partial charge in [-0.3, -0.25) is 0 Å². The number of benzene rings is 1. The third kappa shape index (κ3) is 2.54. The molecule has 0 saturated carbocycles. The number of piperazine rings is 1. The molecule has 0 radical (unpaired) electrons. The second kappa shape index (κ2) is 5.70. The zero-order chi connectivity index (χ0) is 14.9. The number of halogens is 1. The van der Waals surface area contributed by atoms with Crippen molar-refractivity contribution in [2.45, 2.75) is 30.8 Å². The first-order chi connectivity index (χ1) is 9.39. The van der Waals surface area contributed by atoms with Gasteiger partial charge in [-0.2, -0.15) is 9.57 Å². The first-order valence-corrected chi connectivity index (χ1v) is 8.15. The fourth-order valence-electron chi connectivity index (χ4n) is 2.32. The molecule has 7 heteroatoms. The molecule has 20 heavy (non-hydrogen) atoms. The highest BCUT2D eigenvalue weighted by atomic mass is 35.5. The summed E-state index contributed by atoms with van der Waals surface area (Å²) in [7, 11) is -3.72. The van der Waals surface area contributed by atoms with Crippen LogP contribution >= 0.6 is 11.6 Å². The van der Waals surface area contributed by atoms with Gasteiger partial charge in [0.05, 0.1) is 10.6 Å². The minimum Gasteiger partial charge on any atom is -0.311 e. The summed E-state index contributed by atoms with van der Waals surface area (Å²) in [6, 6.07) is 6.25. The van der Waals surface area contributed by atoms with Gasteiger partial charge in [-0.05, 0) is 26.0 Å². The number of nitrogens with one attached hydrogen (secondary N) is 1. The third-order valence-corrected chi connectivity index (χ3v) is 5.99. The van der Waals surface area contributed by atoms with Crippen LogP contribution in [0.15, 0.2) is 23.1 Å². The monoisotopic (exact) mass is 313 g/mol. The lowest BCUT2D eigenvalue weighted by molar-refractivity contribution is 0.233. The first kappa shape index (κ1) is 15.3. The Labute approximate surface area is 124 Å². The number of hydrogen-bond acceptors (Lipinski definition) is 4. The topological polar surface area (TPSA) is 73.2 Å². The molecule has 1 fully saturated rings. The second-order valence-corrected chi connectivity index (χ2v) is 7.09. The van der Waals surface area contributed by atoms with Crippen molar-refractivity contribution in [1.29, 1.82) is 5.26 Å². The van der Waals surface area contributed by atoms with Crippen molar-refractivity contribution in [1.82, 2.24) is 9.62 Å². The molecule has 1 aliphatic rings. The Hall–Kier alpha value is -1.13. The van der Waals surface area contributed by atoms with Gasteiger partial charge in [-0.15, -0.1) is 0 Å². The number of sulfonamides is 1. The van der Waals surface area contributed by atoms with Gasteiger partial charge >= 0.3 is 0 Å². The Balaban J connectivity index is 2.51. The smallest absolute Gasteiger partial charge is 0.244 e. The Morgan fingerprint density at radius 1 is 1.45 bits per heavy atom. The summed E-state index contributed by atoms with van der Waals surface area (Å²) in [6.45, 7) is 4.76. The van der Waals surface area contributed by atoms with E-state index in [-0.39, 0.29) is 27.6 Å². The van der Waals surface area contributed by atoms with Crippen LogP contribution in [0.3, 0.4) is 0 Å². The zero-order valence-electron chi connectivity index (χ0n) is 11.3. The molecule has 1 aromatic carbocycles.